The van der Waals surface area contributed by atoms with Crippen LogP contribution in [-0.2, 0) is 0 Å². The minimum absolute atomic E-state index is 0.176. The Morgan fingerprint density at radius 1 is 1.41 bits per heavy atom. The number of halogens is 1. The number of carbonyl (C=O) groups is 1. The SMILES string of the molecule is Cc1nc(C)n(-c2cccc(F)c2C(=O)O)n1. The molecule has 88 valence electrons. The maximum Gasteiger partial charge on any atom is 0.340 e. The topological polar surface area (TPSA) is 68.0 Å². The van der Waals surface area contributed by atoms with E-state index in [-0.39, 0.29) is 5.69 Å². The summed E-state index contributed by atoms with van der Waals surface area (Å²) in [6.07, 6.45) is 0. The highest BCUT2D eigenvalue weighted by molar-refractivity contribution is 5.92. The maximum absolute atomic E-state index is 13.5. The summed E-state index contributed by atoms with van der Waals surface area (Å²) >= 11 is 0. The molecule has 6 heteroatoms. The van der Waals surface area contributed by atoms with E-state index in [2.05, 4.69) is 10.1 Å². The van der Waals surface area contributed by atoms with Gasteiger partial charge in [-0.25, -0.2) is 18.9 Å². The average molecular weight is 235 g/mol. The number of hydrogen-bond donors (Lipinski definition) is 1. The molecule has 0 saturated carbocycles. The van der Waals surface area contributed by atoms with Crippen molar-refractivity contribution in [2.75, 3.05) is 0 Å². The number of benzene rings is 1. The van der Waals surface area contributed by atoms with E-state index in [0.717, 1.165) is 6.07 Å². The van der Waals surface area contributed by atoms with Crippen molar-refractivity contribution in [3.05, 3.63) is 41.2 Å². The lowest BCUT2D eigenvalue weighted by molar-refractivity contribution is 0.0691. The van der Waals surface area contributed by atoms with Gasteiger partial charge in [0.25, 0.3) is 0 Å². The predicted molar refractivity (Wildman–Crippen MR) is 57.8 cm³/mol. The molecule has 0 aliphatic rings. The molecule has 5 nitrogen and oxygen atoms in total. The Balaban J connectivity index is 2.71. The Bertz CT molecular complexity index is 592. The molecule has 0 spiro atoms. The number of hydrogen-bond acceptors (Lipinski definition) is 3. The molecule has 0 bridgehead atoms. The monoisotopic (exact) mass is 235 g/mol. The fraction of sp³-hybridized carbons (Fsp3) is 0.182. The van der Waals surface area contributed by atoms with Crippen molar-refractivity contribution in [3.8, 4) is 5.69 Å². The van der Waals surface area contributed by atoms with Crippen LogP contribution in [0.15, 0.2) is 18.2 Å². The summed E-state index contributed by atoms with van der Waals surface area (Å²) in [5, 5.41) is 13.0. The van der Waals surface area contributed by atoms with Gasteiger partial charge in [-0.15, -0.1) is 0 Å². The highest BCUT2D eigenvalue weighted by Gasteiger charge is 2.19. The number of rotatable bonds is 2. The van der Waals surface area contributed by atoms with Gasteiger partial charge in [-0.1, -0.05) is 6.07 Å². The number of nitrogens with zero attached hydrogens (tertiary/aromatic N) is 3. The Labute approximate surface area is 96.5 Å². The largest absolute Gasteiger partial charge is 0.478 e. The van der Waals surface area contributed by atoms with Crippen LogP contribution >= 0.6 is 0 Å². The first-order chi connectivity index (χ1) is 8.00. The fourth-order valence-corrected chi connectivity index (χ4v) is 1.65. The zero-order chi connectivity index (χ0) is 12.6. The molecule has 2 rings (SSSR count). The number of aryl methyl sites for hydroxylation is 2. The molecule has 1 aromatic carbocycles. The van der Waals surface area contributed by atoms with Gasteiger partial charge in [0.1, 0.15) is 23.0 Å². The van der Waals surface area contributed by atoms with Gasteiger partial charge >= 0.3 is 5.97 Å². The summed E-state index contributed by atoms with van der Waals surface area (Å²) in [5.41, 5.74) is -0.226. The second-order valence-corrected chi connectivity index (χ2v) is 3.56. The minimum atomic E-state index is -1.33. The Morgan fingerprint density at radius 3 is 2.65 bits per heavy atom. The standard InChI is InChI=1S/C11H10FN3O2/c1-6-13-7(2)15(14-6)9-5-3-4-8(12)10(9)11(16)17/h3-5H,1-2H3,(H,16,17). The molecular formula is C11H10FN3O2. The molecule has 1 N–H and O–H groups in total. The van der Waals surface area contributed by atoms with E-state index in [9.17, 15) is 9.18 Å². The second kappa shape index (κ2) is 3.97. The maximum atomic E-state index is 13.5. The van der Waals surface area contributed by atoms with Crippen LogP contribution in [0.3, 0.4) is 0 Å². The number of aromatic carboxylic acids is 1. The van der Waals surface area contributed by atoms with Crippen molar-refractivity contribution in [2.45, 2.75) is 13.8 Å². The Hall–Kier alpha value is -2.24. The van der Waals surface area contributed by atoms with Crippen molar-refractivity contribution in [1.82, 2.24) is 14.8 Å². The molecule has 0 radical (unpaired) electrons. The molecule has 0 unspecified atom stereocenters. The average Bonchev–Trinajstić information content (AvgIpc) is 2.56. The molecule has 0 aliphatic heterocycles. The van der Waals surface area contributed by atoms with Crippen molar-refractivity contribution < 1.29 is 14.3 Å². The van der Waals surface area contributed by atoms with Gasteiger partial charge in [-0.3, -0.25) is 0 Å². The summed E-state index contributed by atoms with van der Waals surface area (Å²) in [4.78, 5) is 15.1. The Morgan fingerprint density at radius 2 is 2.12 bits per heavy atom. The van der Waals surface area contributed by atoms with E-state index >= 15 is 0 Å². The lowest BCUT2D eigenvalue weighted by Gasteiger charge is -2.07. The molecule has 0 atom stereocenters. The van der Waals surface area contributed by atoms with E-state index in [1.807, 2.05) is 0 Å². The summed E-state index contributed by atoms with van der Waals surface area (Å²) < 4.78 is 14.8. The van der Waals surface area contributed by atoms with Crippen LogP contribution in [0.5, 0.6) is 0 Å². The van der Waals surface area contributed by atoms with Crippen molar-refractivity contribution in [3.63, 3.8) is 0 Å². The quantitative estimate of drug-likeness (QED) is 0.860. The van der Waals surface area contributed by atoms with E-state index in [0.29, 0.717) is 11.6 Å². The van der Waals surface area contributed by atoms with E-state index in [4.69, 9.17) is 5.11 Å². The van der Waals surface area contributed by atoms with Crippen LogP contribution in [0.1, 0.15) is 22.0 Å². The lowest BCUT2D eigenvalue weighted by atomic mass is 10.1. The molecule has 17 heavy (non-hydrogen) atoms. The van der Waals surface area contributed by atoms with Gasteiger partial charge in [0.05, 0.1) is 5.69 Å². The van der Waals surface area contributed by atoms with Crippen LogP contribution in [-0.4, -0.2) is 25.8 Å². The van der Waals surface area contributed by atoms with Crippen molar-refractivity contribution >= 4 is 5.97 Å². The molecule has 1 heterocycles. The molecule has 0 aliphatic carbocycles. The van der Waals surface area contributed by atoms with Crippen LogP contribution < -0.4 is 0 Å². The molecule has 0 saturated heterocycles. The van der Waals surface area contributed by atoms with Crippen LogP contribution in [0.2, 0.25) is 0 Å². The summed E-state index contributed by atoms with van der Waals surface area (Å²) in [7, 11) is 0. The molecule has 0 amide bonds. The smallest absolute Gasteiger partial charge is 0.340 e. The summed E-state index contributed by atoms with van der Waals surface area (Å²) in [6.45, 7) is 3.36. The van der Waals surface area contributed by atoms with Gasteiger partial charge in [-0.05, 0) is 26.0 Å². The van der Waals surface area contributed by atoms with Crippen LogP contribution in [0.4, 0.5) is 4.39 Å². The first-order valence-corrected chi connectivity index (χ1v) is 4.93. The number of carboxylic acid groups (broad SMARTS) is 1. The predicted octanol–water partition coefficient (Wildman–Crippen LogP) is 1.72. The highest BCUT2D eigenvalue weighted by Crippen LogP contribution is 2.18. The normalized spacial score (nSPS) is 10.5. The first kappa shape index (κ1) is 11.3. The minimum Gasteiger partial charge on any atom is -0.478 e. The zero-order valence-electron chi connectivity index (χ0n) is 9.31. The van der Waals surface area contributed by atoms with Gasteiger partial charge in [0.2, 0.25) is 0 Å². The summed E-state index contributed by atoms with van der Waals surface area (Å²) in [5.74, 6) is -1.10. The lowest BCUT2D eigenvalue weighted by Crippen LogP contribution is -2.10. The van der Waals surface area contributed by atoms with E-state index in [1.54, 1.807) is 13.8 Å². The van der Waals surface area contributed by atoms with Gasteiger partial charge in [-0.2, -0.15) is 5.10 Å². The third kappa shape index (κ3) is 1.89. The highest BCUT2D eigenvalue weighted by atomic mass is 19.1. The first-order valence-electron chi connectivity index (χ1n) is 4.93. The number of carboxylic acids is 1. The summed E-state index contributed by atoms with van der Waals surface area (Å²) in [6, 6.07) is 4.04. The third-order valence-corrected chi connectivity index (χ3v) is 2.31. The van der Waals surface area contributed by atoms with Crippen molar-refractivity contribution in [1.29, 1.82) is 0 Å². The van der Waals surface area contributed by atoms with E-state index < -0.39 is 17.3 Å². The second-order valence-electron chi connectivity index (χ2n) is 3.56. The van der Waals surface area contributed by atoms with Crippen LogP contribution in [0.25, 0.3) is 5.69 Å². The molecular weight excluding hydrogens is 225 g/mol. The Kier molecular flexibility index (Phi) is 2.63. The number of aromatic nitrogens is 3. The van der Waals surface area contributed by atoms with E-state index in [1.165, 1.54) is 16.8 Å². The van der Waals surface area contributed by atoms with Crippen molar-refractivity contribution in [2.24, 2.45) is 0 Å². The third-order valence-electron chi connectivity index (χ3n) is 2.31. The van der Waals surface area contributed by atoms with Gasteiger partial charge in [0.15, 0.2) is 0 Å². The molecule has 0 fully saturated rings. The molecule has 2 aromatic rings. The zero-order valence-corrected chi connectivity index (χ0v) is 9.31. The van der Waals surface area contributed by atoms with Gasteiger partial charge in [0, 0.05) is 0 Å². The van der Waals surface area contributed by atoms with Crippen LogP contribution in [0, 0.1) is 19.7 Å². The van der Waals surface area contributed by atoms with Gasteiger partial charge < -0.3 is 5.11 Å². The molecule has 1 aromatic heterocycles. The fourth-order valence-electron chi connectivity index (χ4n) is 1.65.